The van der Waals surface area contributed by atoms with Crippen LogP contribution in [0.1, 0.15) is 25.8 Å². The highest BCUT2D eigenvalue weighted by molar-refractivity contribution is 6.04. The lowest BCUT2D eigenvalue weighted by Crippen LogP contribution is -2.40. The number of imide groups is 1. The van der Waals surface area contributed by atoms with Gasteiger partial charge in [-0.3, -0.25) is 9.69 Å². The highest BCUT2D eigenvalue weighted by Gasteiger charge is 2.38. The van der Waals surface area contributed by atoms with Gasteiger partial charge in [-0.1, -0.05) is 19.9 Å². The Morgan fingerprint density at radius 3 is 2.48 bits per heavy atom. The maximum atomic E-state index is 12.4. The number of rotatable bonds is 8. The summed E-state index contributed by atoms with van der Waals surface area (Å²) >= 11 is 0. The molecule has 0 saturated carbocycles. The average molecular weight is 349 g/mol. The molecule has 1 aliphatic rings. The molecule has 0 aliphatic carbocycles. The molecule has 7 nitrogen and oxygen atoms in total. The summed E-state index contributed by atoms with van der Waals surface area (Å²) in [4.78, 5) is 27.7. The second-order valence-electron chi connectivity index (χ2n) is 6.74. The maximum Gasteiger partial charge on any atom is 0.325 e. The smallest absolute Gasteiger partial charge is 0.325 e. The number of hydrogen-bond donors (Lipinski definition) is 1. The molecule has 0 radical (unpaired) electrons. The molecule has 0 aromatic heterocycles. The van der Waals surface area contributed by atoms with Gasteiger partial charge in [0.1, 0.15) is 6.04 Å². The van der Waals surface area contributed by atoms with Crippen molar-refractivity contribution in [1.29, 1.82) is 0 Å². The van der Waals surface area contributed by atoms with E-state index in [0.29, 0.717) is 30.4 Å². The van der Waals surface area contributed by atoms with Crippen molar-refractivity contribution in [3.05, 3.63) is 23.8 Å². The summed E-state index contributed by atoms with van der Waals surface area (Å²) < 4.78 is 10.5. The summed E-state index contributed by atoms with van der Waals surface area (Å²) in [6, 6.07) is 4.93. The first kappa shape index (κ1) is 19.1. The van der Waals surface area contributed by atoms with Crippen LogP contribution in [0.2, 0.25) is 0 Å². The van der Waals surface area contributed by atoms with E-state index in [4.69, 9.17) is 9.47 Å². The fraction of sp³-hybridized carbons (Fsp3) is 0.556. The fourth-order valence-corrected chi connectivity index (χ4v) is 2.92. The molecule has 1 saturated heterocycles. The SMILES string of the molecule is COc1ccc(CN(C)CN2C(=O)NC(CC(C)C)C2=O)cc1OC. The third-order valence-corrected chi connectivity index (χ3v) is 4.10. The molecule has 1 N–H and O–H groups in total. The minimum absolute atomic E-state index is 0.155. The van der Waals surface area contributed by atoms with Gasteiger partial charge in [0.2, 0.25) is 0 Å². The molecule has 0 bridgehead atoms. The van der Waals surface area contributed by atoms with Gasteiger partial charge in [-0.05, 0) is 37.1 Å². The van der Waals surface area contributed by atoms with Crippen molar-refractivity contribution in [3.63, 3.8) is 0 Å². The summed E-state index contributed by atoms with van der Waals surface area (Å²) in [6.45, 7) is 4.89. The predicted octanol–water partition coefficient (Wildman–Crippen LogP) is 2.06. The average Bonchev–Trinajstić information content (AvgIpc) is 2.81. The highest BCUT2D eigenvalue weighted by Crippen LogP contribution is 2.28. The van der Waals surface area contributed by atoms with Crippen LogP contribution in [0.4, 0.5) is 4.79 Å². The Kier molecular flexibility index (Phi) is 6.25. The second-order valence-corrected chi connectivity index (χ2v) is 6.74. The maximum absolute atomic E-state index is 12.4. The first-order chi connectivity index (χ1) is 11.8. The quantitative estimate of drug-likeness (QED) is 0.728. The number of nitrogens with zero attached hydrogens (tertiary/aromatic N) is 2. The van der Waals surface area contributed by atoms with Gasteiger partial charge < -0.3 is 14.8 Å². The molecule has 0 spiro atoms. The molecule has 1 aliphatic heterocycles. The molecule has 138 valence electrons. The lowest BCUT2D eigenvalue weighted by atomic mass is 10.0. The number of ether oxygens (including phenoxy) is 2. The topological polar surface area (TPSA) is 71.1 Å². The summed E-state index contributed by atoms with van der Waals surface area (Å²) in [7, 11) is 5.05. The van der Waals surface area contributed by atoms with Gasteiger partial charge in [-0.25, -0.2) is 9.69 Å². The van der Waals surface area contributed by atoms with Crippen molar-refractivity contribution < 1.29 is 19.1 Å². The van der Waals surface area contributed by atoms with E-state index in [-0.39, 0.29) is 18.6 Å². The van der Waals surface area contributed by atoms with E-state index in [1.165, 1.54) is 4.90 Å². The Balaban J connectivity index is 1.99. The van der Waals surface area contributed by atoms with E-state index in [1.54, 1.807) is 14.2 Å². The van der Waals surface area contributed by atoms with Gasteiger partial charge in [-0.2, -0.15) is 0 Å². The summed E-state index contributed by atoms with van der Waals surface area (Å²) in [6.07, 6.45) is 0.653. The monoisotopic (exact) mass is 349 g/mol. The minimum Gasteiger partial charge on any atom is -0.493 e. The van der Waals surface area contributed by atoms with Crippen molar-refractivity contribution in [1.82, 2.24) is 15.1 Å². The first-order valence-electron chi connectivity index (χ1n) is 8.37. The lowest BCUT2D eigenvalue weighted by molar-refractivity contribution is -0.129. The zero-order valence-electron chi connectivity index (χ0n) is 15.5. The van der Waals surface area contributed by atoms with Gasteiger partial charge >= 0.3 is 6.03 Å². The number of nitrogens with one attached hydrogen (secondary N) is 1. The van der Waals surface area contributed by atoms with Gasteiger partial charge in [0, 0.05) is 6.54 Å². The van der Waals surface area contributed by atoms with Crippen molar-refractivity contribution in [3.8, 4) is 11.5 Å². The lowest BCUT2D eigenvalue weighted by Gasteiger charge is -2.22. The van der Waals surface area contributed by atoms with Crippen LogP contribution in [0.15, 0.2) is 18.2 Å². The normalized spacial score (nSPS) is 17.4. The van der Waals surface area contributed by atoms with E-state index in [1.807, 2.05) is 44.0 Å². The van der Waals surface area contributed by atoms with Crippen molar-refractivity contribution in [2.45, 2.75) is 32.9 Å². The second kappa shape index (κ2) is 8.20. The van der Waals surface area contributed by atoms with E-state index in [0.717, 1.165) is 5.56 Å². The van der Waals surface area contributed by atoms with Gasteiger partial charge in [-0.15, -0.1) is 0 Å². The Bertz CT molecular complexity index is 633. The van der Waals surface area contributed by atoms with Crippen LogP contribution < -0.4 is 14.8 Å². The molecule has 1 aromatic carbocycles. The van der Waals surface area contributed by atoms with E-state index in [9.17, 15) is 9.59 Å². The number of benzene rings is 1. The summed E-state index contributed by atoms with van der Waals surface area (Å²) in [5.41, 5.74) is 1.01. The molecule has 1 aromatic rings. The number of methoxy groups -OCH3 is 2. The van der Waals surface area contributed by atoms with Crippen LogP contribution in [0.25, 0.3) is 0 Å². The van der Waals surface area contributed by atoms with Crippen LogP contribution >= 0.6 is 0 Å². The molecule has 2 rings (SSSR count). The zero-order valence-corrected chi connectivity index (χ0v) is 15.5. The Labute approximate surface area is 148 Å². The van der Waals surface area contributed by atoms with E-state index in [2.05, 4.69) is 5.32 Å². The Morgan fingerprint density at radius 2 is 1.88 bits per heavy atom. The molecule has 1 atom stereocenters. The molecule has 1 unspecified atom stereocenters. The number of hydrogen-bond acceptors (Lipinski definition) is 5. The van der Waals surface area contributed by atoms with Gasteiger partial charge in [0.05, 0.1) is 20.9 Å². The van der Waals surface area contributed by atoms with E-state index < -0.39 is 6.04 Å². The number of carbonyl (C=O) groups is 2. The minimum atomic E-state index is -0.415. The molecule has 7 heteroatoms. The third kappa shape index (κ3) is 4.63. The third-order valence-electron chi connectivity index (χ3n) is 4.10. The largest absolute Gasteiger partial charge is 0.493 e. The summed E-state index contributed by atoms with van der Waals surface area (Å²) in [5, 5.41) is 2.76. The van der Waals surface area contributed by atoms with Gasteiger partial charge in [0.25, 0.3) is 5.91 Å². The zero-order chi connectivity index (χ0) is 18.6. The molecule has 25 heavy (non-hydrogen) atoms. The molecule has 1 fully saturated rings. The molecular formula is C18H27N3O4. The Morgan fingerprint density at radius 1 is 1.20 bits per heavy atom. The number of amides is 3. The van der Waals surface area contributed by atoms with Crippen molar-refractivity contribution in [2.75, 3.05) is 27.9 Å². The van der Waals surface area contributed by atoms with Crippen molar-refractivity contribution >= 4 is 11.9 Å². The van der Waals surface area contributed by atoms with Crippen LogP contribution in [-0.2, 0) is 11.3 Å². The van der Waals surface area contributed by atoms with Crippen LogP contribution in [0.5, 0.6) is 11.5 Å². The van der Waals surface area contributed by atoms with Crippen LogP contribution in [-0.4, -0.2) is 55.7 Å². The molecule has 3 amide bonds. The molecule has 1 heterocycles. The Hall–Kier alpha value is -2.28. The van der Waals surface area contributed by atoms with Crippen molar-refractivity contribution in [2.24, 2.45) is 5.92 Å². The fourth-order valence-electron chi connectivity index (χ4n) is 2.92. The van der Waals surface area contributed by atoms with Gasteiger partial charge in [0.15, 0.2) is 11.5 Å². The summed E-state index contributed by atoms with van der Waals surface area (Å²) in [5.74, 6) is 1.51. The predicted molar refractivity (Wildman–Crippen MR) is 94.5 cm³/mol. The standard InChI is InChI=1S/C18H27N3O4/c1-12(2)8-14-17(22)21(18(23)19-14)11-20(3)10-13-6-7-15(24-4)16(9-13)25-5/h6-7,9,12,14H,8,10-11H2,1-5H3,(H,19,23). The van der Waals surface area contributed by atoms with E-state index >= 15 is 0 Å². The molecular weight excluding hydrogens is 322 g/mol. The highest BCUT2D eigenvalue weighted by atomic mass is 16.5. The number of urea groups is 1. The van der Waals surface area contributed by atoms with Crippen LogP contribution in [0.3, 0.4) is 0 Å². The number of carbonyl (C=O) groups excluding carboxylic acids is 2. The first-order valence-corrected chi connectivity index (χ1v) is 8.37. The van der Waals surface area contributed by atoms with Crippen LogP contribution in [0, 0.1) is 5.92 Å².